The number of rotatable bonds is 8. The van der Waals surface area contributed by atoms with E-state index in [1.54, 1.807) is 12.3 Å². The molecule has 6 heteroatoms. The second kappa shape index (κ2) is 9.21. The maximum Gasteiger partial charge on any atom is 0.239 e. The van der Waals surface area contributed by atoms with Crippen molar-refractivity contribution in [3.05, 3.63) is 83.0 Å². The third kappa shape index (κ3) is 4.51. The number of aromatic nitrogens is 2. The third-order valence-corrected chi connectivity index (χ3v) is 6.70. The molecule has 1 unspecified atom stereocenters. The van der Waals surface area contributed by atoms with Crippen LogP contribution in [0.1, 0.15) is 48.9 Å². The summed E-state index contributed by atoms with van der Waals surface area (Å²) in [5, 5.41) is 29.7. The van der Waals surface area contributed by atoms with Gasteiger partial charge in [0.15, 0.2) is 0 Å². The average molecular weight is 448 g/mol. The van der Waals surface area contributed by atoms with Crippen LogP contribution in [0.5, 0.6) is 11.6 Å². The van der Waals surface area contributed by atoms with Crippen molar-refractivity contribution in [2.45, 2.75) is 38.7 Å². The van der Waals surface area contributed by atoms with Gasteiger partial charge in [-0.15, -0.1) is 5.10 Å². The van der Waals surface area contributed by atoms with E-state index in [4.69, 9.17) is 9.84 Å². The number of hydrogen-bond acceptors (Lipinski definition) is 6. The fraction of sp³-hybridized carbons (Fsp3) is 0.407. The Morgan fingerprint density at radius 1 is 1.06 bits per heavy atom. The van der Waals surface area contributed by atoms with Gasteiger partial charge < -0.3 is 19.8 Å². The Hall–Kier alpha value is -2.80. The van der Waals surface area contributed by atoms with E-state index >= 15 is 0 Å². The van der Waals surface area contributed by atoms with E-state index in [1.165, 1.54) is 5.56 Å². The molecule has 1 atom stereocenters. The summed E-state index contributed by atoms with van der Waals surface area (Å²) in [6.07, 6.45) is 2.24. The predicted molar refractivity (Wildman–Crippen MR) is 128 cm³/mol. The maximum absolute atomic E-state index is 12.3. The number of aliphatic hydroxyl groups excluding tert-OH is 1. The van der Waals surface area contributed by atoms with Crippen molar-refractivity contribution in [2.24, 2.45) is 5.41 Å². The molecule has 6 nitrogen and oxygen atoms in total. The van der Waals surface area contributed by atoms with E-state index in [2.05, 4.69) is 55.0 Å². The van der Waals surface area contributed by atoms with Crippen LogP contribution >= 0.6 is 0 Å². The minimum atomic E-state index is -1.24. The van der Waals surface area contributed by atoms with Crippen LogP contribution in [-0.4, -0.2) is 52.1 Å². The van der Waals surface area contributed by atoms with Gasteiger partial charge in [-0.1, -0.05) is 57.2 Å². The van der Waals surface area contributed by atoms with Crippen molar-refractivity contribution >= 4 is 0 Å². The van der Waals surface area contributed by atoms with Crippen LogP contribution in [0.15, 0.2) is 60.8 Å². The van der Waals surface area contributed by atoms with Gasteiger partial charge in [-0.05, 0) is 48.2 Å². The van der Waals surface area contributed by atoms with Gasteiger partial charge >= 0.3 is 0 Å². The molecule has 2 aromatic carbocycles. The highest BCUT2D eigenvalue weighted by atomic mass is 16.5. The van der Waals surface area contributed by atoms with E-state index in [0.717, 1.165) is 24.2 Å². The van der Waals surface area contributed by atoms with Crippen LogP contribution in [0.25, 0.3) is 0 Å². The normalized spacial score (nSPS) is 17.4. The van der Waals surface area contributed by atoms with Gasteiger partial charge in [-0.25, -0.2) is 0 Å². The first-order chi connectivity index (χ1) is 15.7. The molecular formula is C27H33N3O3. The number of likely N-dealkylation sites (tertiary alicyclic amines) is 1. The Labute approximate surface area is 195 Å². The Bertz CT molecular complexity index is 1080. The van der Waals surface area contributed by atoms with Gasteiger partial charge in [0, 0.05) is 36.7 Å². The highest BCUT2D eigenvalue weighted by Gasteiger charge is 2.55. The maximum atomic E-state index is 12.3. The van der Waals surface area contributed by atoms with E-state index in [-0.39, 0.29) is 12.0 Å². The van der Waals surface area contributed by atoms with E-state index in [1.807, 2.05) is 36.4 Å². The van der Waals surface area contributed by atoms with Gasteiger partial charge in [0.25, 0.3) is 0 Å². The predicted octanol–water partition coefficient (Wildman–Crippen LogP) is 4.11. The van der Waals surface area contributed by atoms with Crippen molar-refractivity contribution in [3.63, 3.8) is 0 Å². The first-order valence-corrected chi connectivity index (χ1v) is 11.5. The largest absolute Gasteiger partial charge is 0.438 e. The second-order valence-electron chi connectivity index (χ2n) is 9.72. The average Bonchev–Trinajstić information content (AvgIpc) is 2.79. The van der Waals surface area contributed by atoms with Crippen LogP contribution in [-0.2, 0) is 12.0 Å². The third-order valence-electron chi connectivity index (χ3n) is 6.70. The smallest absolute Gasteiger partial charge is 0.239 e. The highest BCUT2D eigenvalue weighted by molar-refractivity contribution is 5.42. The molecule has 0 aliphatic carbocycles. The zero-order chi connectivity index (χ0) is 23.6. The van der Waals surface area contributed by atoms with E-state index < -0.39 is 5.60 Å². The van der Waals surface area contributed by atoms with Crippen LogP contribution in [0.3, 0.4) is 0 Å². The van der Waals surface area contributed by atoms with E-state index in [9.17, 15) is 5.11 Å². The van der Waals surface area contributed by atoms with Crippen molar-refractivity contribution < 1.29 is 14.9 Å². The summed E-state index contributed by atoms with van der Waals surface area (Å²) in [5.41, 5.74) is 2.15. The summed E-state index contributed by atoms with van der Waals surface area (Å²) < 4.78 is 5.96. The van der Waals surface area contributed by atoms with Crippen molar-refractivity contribution in [2.75, 3.05) is 26.7 Å². The standard InChI is InChI=1S/C27H33N3O3/c1-19(2)21-7-9-22(10-8-21)27(32,26(3)17-30(4)18-26)23-15-25(29-28-16-23)33-24-11-5-20(6-12-24)13-14-31/h5-12,15-16,19,31-32H,13-14,17-18H2,1-4H3. The number of hydrogen-bond donors (Lipinski definition) is 2. The molecule has 33 heavy (non-hydrogen) atoms. The highest BCUT2D eigenvalue weighted by Crippen LogP contribution is 2.50. The Kier molecular flexibility index (Phi) is 6.52. The van der Waals surface area contributed by atoms with E-state index in [0.29, 0.717) is 29.5 Å². The van der Waals surface area contributed by atoms with Gasteiger partial charge in [0.05, 0.1) is 6.20 Å². The molecule has 1 aromatic heterocycles. The second-order valence-corrected chi connectivity index (χ2v) is 9.72. The lowest BCUT2D eigenvalue weighted by Crippen LogP contribution is -2.63. The van der Waals surface area contributed by atoms with Crippen LogP contribution < -0.4 is 4.74 Å². The van der Waals surface area contributed by atoms with Crippen molar-refractivity contribution in [1.82, 2.24) is 15.1 Å². The summed E-state index contributed by atoms with van der Waals surface area (Å²) >= 11 is 0. The van der Waals surface area contributed by atoms with Gasteiger partial charge in [-0.3, -0.25) is 0 Å². The summed E-state index contributed by atoms with van der Waals surface area (Å²) in [7, 11) is 2.06. The summed E-state index contributed by atoms with van der Waals surface area (Å²) in [5.74, 6) is 1.38. The van der Waals surface area contributed by atoms with Crippen LogP contribution in [0.4, 0.5) is 0 Å². The number of nitrogens with zero attached hydrogens (tertiary/aromatic N) is 3. The molecule has 3 aromatic rings. The lowest BCUT2D eigenvalue weighted by atomic mass is 9.62. The Morgan fingerprint density at radius 3 is 2.30 bits per heavy atom. The molecule has 1 fully saturated rings. The topological polar surface area (TPSA) is 78.7 Å². The summed E-state index contributed by atoms with van der Waals surface area (Å²) in [6, 6.07) is 17.6. The minimum absolute atomic E-state index is 0.110. The van der Waals surface area contributed by atoms with Crippen LogP contribution in [0.2, 0.25) is 0 Å². The monoisotopic (exact) mass is 447 g/mol. The lowest BCUT2D eigenvalue weighted by molar-refractivity contribution is -0.127. The summed E-state index contributed by atoms with van der Waals surface area (Å²) in [4.78, 5) is 2.20. The molecule has 0 spiro atoms. The number of ether oxygens (including phenoxy) is 1. The molecule has 0 amide bonds. The molecule has 2 N–H and O–H groups in total. The van der Waals surface area contributed by atoms with Gasteiger partial charge in [0.2, 0.25) is 5.88 Å². The molecule has 174 valence electrons. The van der Waals surface area contributed by atoms with Gasteiger partial charge in [0.1, 0.15) is 11.4 Å². The minimum Gasteiger partial charge on any atom is -0.438 e. The molecule has 0 saturated carbocycles. The molecule has 1 aliphatic heterocycles. The quantitative estimate of drug-likeness (QED) is 0.541. The Morgan fingerprint density at radius 2 is 1.73 bits per heavy atom. The van der Waals surface area contributed by atoms with Crippen molar-refractivity contribution in [1.29, 1.82) is 0 Å². The molecule has 1 aliphatic rings. The molecular weight excluding hydrogens is 414 g/mol. The lowest BCUT2D eigenvalue weighted by Gasteiger charge is -2.55. The zero-order valence-electron chi connectivity index (χ0n) is 19.8. The number of benzene rings is 2. The molecule has 2 heterocycles. The fourth-order valence-corrected chi connectivity index (χ4v) is 4.92. The first-order valence-electron chi connectivity index (χ1n) is 11.5. The van der Waals surface area contributed by atoms with Crippen molar-refractivity contribution in [3.8, 4) is 11.6 Å². The molecule has 0 radical (unpaired) electrons. The fourth-order valence-electron chi connectivity index (χ4n) is 4.92. The van der Waals surface area contributed by atoms with Crippen LogP contribution in [0, 0.1) is 5.41 Å². The molecule has 1 saturated heterocycles. The number of aliphatic hydroxyl groups is 2. The Balaban J connectivity index is 1.69. The summed E-state index contributed by atoms with van der Waals surface area (Å²) in [6.45, 7) is 8.08. The SMILES string of the molecule is CC(C)c1ccc(C(O)(c2cnnc(Oc3ccc(CCO)cc3)c2)C2(C)CN(C)C2)cc1. The van der Waals surface area contributed by atoms with Gasteiger partial charge in [-0.2, -0.15) is 5.10 Å². The first kappa shape index (κ1) is 23.4. The zero-order valence-corrected chi connectivity index (χ0v) is 19.8. The molecule has 4 rings (SSSR count). The molecule has 0 bridgehead atoms.